The Morgan fingerprint density at radius 1 is 1.15 bits per heavy atom. The van der Waals surface area contributed by atoms with Gasteiger partial charge in [-0.05, 0) is 49.7 Å². The summed E-state index contributed by atoms with van der Waals surface area (Å²) >= 11 is 12.0. The molecule has 1 heterocycles. The van der Waals surface area contributed by atoms with Crippen molar-refractivity contribution in [3.8, 4) is 0 Å². The number of benzene rings is 2. The summed E-state index contributed by atoms with van der Waals surface area (Å²) in [5.74, 6) is -0.287. The maximum absolute atomic E-state index is 12.5. The largest absolute Gasteiger partial charge is 0.324 e. The van der Waals surface area contributed by atoms with Crippen molar-refractivity contribution in [3.05, 3.63) is 68.2 Å². The molecular weight excluding hydrogens is 389 g/mol. The van der Waals surface area contributed by atoms with Crippen LogP contribution in [0.25, 0.3) is 0 Å². The summed E-state index contributed by atoms with van der Waals surface area (Å²) < 4.78 is 0. The fourth-order valence-corrected chi connectivity index (χ4v) is 3.45. The fourth-order valence-electron chi connectivity index (χ4n) is 3.16. The highest BCUT2D eigenvalue weighted by atomic mass is 35.5. The van der Waals surface area contributed by atoms with Gasteiger partial charge in [0.25, 0.3) is 5.69 Å². The predicted octanol–water partition coefficient (Wildman–Crippen LogP) is 4.75. The molecule has 3 rings (SSSR count). The van der Waals surface area contributed by atoms with Gasteiger partial charge in [-0.15, -0.1) is 0 Å². The van der Waals surface area contributed by atoms with E-state index in [4.69, 9.17) is 23.2 Å². The van der Waals surface area contributed by atoms with E-state index in [9.17, 15) is 14.9 Å². The average molecular weight is 408 g/mol. The van der Waals surface area contributed by atoms with Crippen LogP contribution in [-0.2, 0) is 11.3 Å². The topological polar surface area (TPSA) is 75.5 Å². The standard InChI is InChI=1S/C19H19Cl2N3O3/c20-15-3-1-13(2-4-15)12-23-9-7-14(8-10-23)19(25)22-18-11-16(24(26)27)5-6-17(18)21/h1-6,11,14H,7-10,12H2,(H,22,25). The van der Waals surface area contributed by atoms with Crippen molar-refractivity contribution in [2.75, 3.05) is 18.4 Å². The summed E-state index contributed by atoms with van der Waals surface area (Å²) in [5.41, 5.74) is 1.36. The van der Waals surface area contributed by atoms with Crippen LogP contribution in [0.2, 0.25) is 10.0 Å². The zero-order valence-corrected chi connectivity index (χ0v) is 16.0. The maximum atomic E-state index is 12.5. The van der Waals surface area contributed by atoms with E-state index in [1.807, 2.05) is 24.3 Å². The molecule has 0 atom stereocenters. The first kappa shape index (κ1) is 19.6. The Morgan fingerprint density at radius 2 is 1.81 bits per heavy atom. The molecule has 2 aromatic rings. The lowest BCUT2D eigenvalue weighted by Crippen LogP contribution is -2.37. The molecule has 0 saturated carbocycles. The summed E-state index contributed by atoms with van der Waals surface area (Å²) in [7, 11) is 0. The summed E-state index contributed by atoms with van der Waals surface area (Å²) in [6.45, 7) is 2.44. The number of amides is 1. The molecule has 2 aromatic carbocycles. The van der Waals surface area contributed by atoms with Crippen LogP contribution in [0.3, 0.4) is 0 Å². The Hall–Kier alpha value is -2.15. The quantitative estimate of drug-likeness (QED) is 0.572. The van der Waals surface area contributed by atoms with Gasteiger partial charge >= 0.3 is 0 Å². The molecule has 6 nitrogen and oxygen atoms in total. The number of nitrogens with one attached hydrogen (secondary N) is 1. The van der Waals surface area contributed by atoms with Gasteiger partial charge in [-0.2, -0.15) is 0 Å². The number of non-ortho nitro benzene ring substituents is 1. The van der Waals surface area contributed by atoms with Gasteiger partial charge in [0.15, 0.2) is 0 Å². The van der Waals surface area contributed by atoms with E-state index >= 15 is 0 Å². The Morgan fingerprint density at radius 3 is 2.44 bits per heavy atom. The smallest absolute Gasteiger partial charge is 0.271 e. The van der Waals surface area contributed by atoms with Crippen LogP contribution < -0.4 is 5.32 Å². The molecule has 1 N–H and O–H groups in total. The second kappa shape index (κ2) is 8.69. The summed E-state index contributed by atoms with van der Waals surface area (Å²) in [5, 5.41) is 14.6. The zero-order valence-electron chi connectivity index (χ0n) is 14.5. The highest BCUT2D eigenvalue weighted by Gasteiger charge is 2.26. The van der Waals surface area contributed by atoms with Gasteiger partial charge in [-0.25, -0.2) is 0 Å². The van der Waals surface area contributed by atoms with Crippen LogP contribution in [0.15, 0.2) is 42.5 Å². The number of anilines is 1. The number of hydrogen-bond acceptors (Lipinski definition) is 4. The summed E-state index contributed by atoms with van der Waals surface area (Å²) in [6.07, 6.45) is 1.46. The number of hydrogen-bond donors (Lipinski definition) is 1. The molecule has 27 heavy (non-hydrogen) atoms. The number of nitro benzene ring substituents is 1. The fraction of sp³-hybridized carbons (Fsp3) is 0.316. The van der Waals surface area contributed by atoms with Crippen molar-refractivity contribution in [3.63, 3.8) is 0 Å². The lowest BCUT2D eigenvalue weighted by molar-refractivity contribution is -0.384. The maximum Gasteiger partial charge on any atom is 0.271 e. The van der Waals surface area contributed by atoms with E-state index in [0.717, 1.165) is 32.5 Å². The summed E-state index contributed by atoms with van der Waals surface area (Å²) in [4.78, 5) is 25.2. The average Bonchev–Trinajstić information content (AvgIpc) is 2.65. The molecule has 0 spiro atoms. The number of nitrogens with zero attached hydrogens (tertiary/aromatic N) is 2. The number of carbonyl (C=O) groups excluding carboxylic acids is 1. The first-order valence-corrected chi connectivity index (χ1v) is 9.39. The van der Waals surface area contributed by atoms with Crippen molar-refractivity contribution in [2.45, 2.75) is 19.4 Å². The predicted molar refractivity (Wildman–Crippen MR) is 106 cm³/mol. The Labute approximate surface area is 167 Å². The number of likely N-dealkylation sites (tertiary alicyclic amines) is 1. The normalized spacial score (nSPS) is 15.5. The first-order valence-electron chi connectivity index (χ1n) is 8.64. The molecule has 0 aromatic heterocycles. The molecule has 0 aliphatic carbocycles. The van der Waals surface area contributed by atoms with Crippen molar-refractivity contribution < 1.29 is 9.72 Å². The van der Waals surface area contributed by atoms with Gasteiger partial charge < -0.3 is 5.32 Å². The first-order chi connectivity index (χ1) is 12.9. The molecule has 0 radical (unpaired) electrons. The molecule has 8 heteroatoms. The van der Waals surface area contributed by atoms with E-state index < -0.39 is 4.92 Å². The Bertz CT molecular complexity index is 835. The zero-order chi connectivity index (χ0) is 19.4. The minimum Gasteiger partial charge on any atom is -0.324 e. The lowest BCUT2D eigenvalue weighted by atomic mass is 9.95. The monoisotopic (exact) mass is 407 g/mol. The molecule has 1 aliphatic heterocycles. The molecule has 142 valence electrons. The Kier molecular flexibility index (Phi) is 6.31. The SMILES string of the molecule is O=C(Nc1cc([N+](=O)[O-])ccc1Cl)C1CCN(Cc2ccc(Cl)cc2)CC1. The van der Waals surface area contributed by atoms with Crippen LogP contribution in [0.4, 0.5) is 11.4 Å². The molecule has 0 bridgehead atoms. The van der Waals surface area contributed by atoms with Crippen molar-refractivity contribution in [1.82, 2.24) is 4.90 Å². The molecule has 1 saturated heterocycles. The highest BCUT2D eigenvalue weighted by Crippen LogP contribution is 2.28. The van der Waals surface area contributed by atoms with E-state index in [1.54, 1.807) is 0 Å². The van der Waals surface area contributed by atoms with Gasteiger partial charge in [0.1, 0.15) is 0 Å². The lowest BCUT2D eigenvalue weighted by Gasteiger charge is -2.31. The minimum absolute atomic E-state index is 0.104. The van der Waals surface area contributed by atoms with Gasteiger partial charge in [0, 0.05) is 29.6 Å². The van der Waals surface area contributed by atoms with E-state index in [1.165, 1.54) is 23.8 Å². The molecule has 1 amide bonds. The van der Waals surface area contributed by atoms with Gasteiger partial charge in [-0.1, -0.05) is 35.3 Å². The third-order valence-corrected chi connectivity index (χ3v) is 5.28. The van der Waals surface area contributed by atoms with Crippen LogP contribution in [0, 0.1) is 16.0 Å². The number of piperidine rings is 1. The van der Waals surface area contributed by atoms with Crippen molar-refractivity contribution in [2.24, 2.45) is 5.92 Å². The summed E-state index contributed by atoms with van der Waals surface area (Å²) in [6, 6.07) is 11.8. The van der Waals surface area contributed by atoms with E-state index in [-0.39, 0.29) is 28.2 Å². The molecule has 0 unspecified atom stereocenters. The molecular formula is C19H19Cl2N3O3. The second-order valence-corrected chi connectivity index (χ2v) is 7.43. The van der Waals surface area contributed by atoms with Gasteiger partial charge in [0.05, 0.1) is 15.6 Å². The third-order valence-electron chi connectivity index (χ3n) is 4.70. The van der Waals surface area contributed by atoms with Gasteiger partial charge in [0.2, 0.25) is 5.91 Å². The van der Waals surface area contributed by atoms with Crippen LogP contribution in [0.5, 0.6) is 0 Å². The van der Waals surface area contributed by atoms with Crippen LogP contribution in [0.1, 0.15) is 18.4 Å². The number of halogens is 2. The number of nitro groups is 1. The van der Waals surface area contributed by atoms with Crippen LogP contribution in [-0.4, -0.2) is 28.8 Å². The highest BCUT2D eigenvalue weighted by molar-refractivity contribution is 6.33. The molecule has 1 aliphatic rings. The second-order valence-electron chi connectivity index (χ2n) is 6.59. The Balaban J connectivity index is 1.55. The van der Waals surface area contributed by atoms with E-state index in [0.29, 0.717) is 5.02 Å². The van der Waals surface area contributed by atoms with Crippen LogP contribution >= 0.6 is 23.2 Å². The van der Waals surface area contributed by atoms with E-state index in [2.05, 4.69) is 10.2 Å². The van der Waals surface area contributed by atoms with Crippen molar-refractivity contribution in [1.29, 1.82) is 0 Å². The van der Waals surface area contributed by atoms with Gasteiger partial charge in [-0.3, -0.25) is 19.8 Å². The van der Waals surface area contributed by atoms with Crippen molar-refractivity contribution >= 4 is 40.5 Å². The number of rotatable bonds is 5. The number of carbonyl (C=O) groups is 1. The minimum atomic E-state index is -0.513. The third kappa shape index (κ3) is 5.19. The molecule has 1 fully saturated rings.